The fourth-order valence-corrected chi connectivity index (χ4v) is 2.62. The molecule has 0 aliphatic carbocycles. The number of aryl methyl sites for hydroxylation is 1. The molecule has 0 fully saturated rings. The van der Waals surface area contributed by atoms with E-state index in [1.54, 1.807) is 4.52 Å². The van der Waals surface area contributed by atoms with Gasteiger partial charge in [-0.2, -0.15) is 4.52 Å². The summed E-state index contributed by atoms with van der Waals surface area (Å²) in [6.45, 7) is 5.71. The minimum absolute atomic E-state index is 0.0583. The molecule has 1 amide bonds. The smallest absolute Gasteiger partial charge is 0.236 e. The average molecular weight is 301 g/mol. The van der Waals surface area contributed by atoms with Crippen LogP contribution >= 0.6 is 11.3 Å². The van der Waals surface area contributed by atoms with Crippen LogP contribution in [-0.4, -0.2) is 25.7 Å². The van der Waals surface area contributed by atoms with Crippen LogP contribution in [0.25, 0.3) is 16.3 Å². The summed E-state index contributed by atoms with van der Waals surface area (Å²) in [6, 6.07) is 7.99. The van der Waals surface area contributed by atoms with E-state index in [-0.39, 0.29) is 11.8 Å². The molecule has 0 aliphatic rings. The minimum atomic E-state index is -0.0874. The number of rotatable bonds is 3. The van der Waals surface area contributed by atoms with Gasteiger partial charge in [-0.05, 0) is 13.0 Å². The van der Waals surface area contributed by atoms with Crippen LogP contribution in [-0.2, 0) is 4.79 Å². The zero-order valence-electron chi connectivity index (χ0n) is 12.0. The van der Waals surface area contributed by atoms with Crippen LogP contribution in [0.3, 0.4) is 0 Å². The number of carbonyl (C=O) groups excluding carboxylic acids is 1. The molecule has 7 heteroatoms. The van der Waals surface area contributed by atoms with Gasteiger partial charge in [0.25, 0.3) is 0 Å². The van der Waals surface area contributed by atoms with Gasteiger partial charge in [0, 0.05) is 11.5 Å². The van der Waals surface area contributed by atoms with Crippen molar-refractivity contribution in [1.82, 2.24) is 19.8 Å². The van der Waals surface area contributed by atoms with Crippen LogP contribution < -0.4 is 5.32 Å². The molecule has 0 saturated heterocycles. The summed E-state index contributed by atoms with van der Waals surface area (Å²) in [5.74, 6) is 0.530. The molecule has 2 aromatic heterocycles. The maximum Gasteiger partial charge on any atom is 0.236 e. The SMILES string of the molecule is Cc1cccc(-c2nnc3sc(NC(=O)C(C)C)nn23)c1. The molecule has 0 aliphatic heterocycles. The highest BCUT2D eigenvalue weighted by Crippen LogP contribution is 2.24. The van der Waals surface area contributed by atoms with Crippen LogP contribution in [0.15, 0.2) is 24.3 Å². The largest absolute Gasteiger partial charge is 0.300 e. The van der Waals surface area contributed by atoms with Gasteiger partial charge in [-0.3, -0.25) is 4.79 Å². The van der Waals surface area contributed by atoms with E-state index in [4.69, 9.17) is 0 Å². The molecule has 1 aromatic carbocycles. The molecule has 6 nitrogen and oxygen atoms in total. The van der Waals surface area contributed by atoms with Crippen molar-refractivity contribution < 1.29 is 4.79 Å². The van der Waals surface area contributed by atoms with E-state index < -0.39 is 0 Å². The van der Waals surface area contributed by atoms with Crippen molar-refractivity contribution >= 4 is 27.3 Å². The zero-order chi connectivity index (χ0) is 15.0. The Morgan fingerprint density at radius 2 is 2.14 bits per heavy atom. The summed E-state index contributed by atoms with van der Waals surface area (Å²) in [6.07, 6.45) is 0. The molecule has 0 atom stereocenters. The van der Waals surface area contributed by atoms with E-state index >= 15 is 0 Å². The molecule has 1 N–H and O–H groups in total. The van der Waals surface area contributed by atoms with Crippen molar-refractivity contribution in [2.24, 2.45) is 5.92 Å². The lowest BCUT2D eigenvalue weighted by atomic mass is 10.1. The number of anilines is 1. The van der Waals surface area contributed by atoms with Crippen molar-refractivity contribution in [2.45, 2.75) is 20.8 Å². The molecule has 3 aromatic rings. The Morgan fingerprint density at radius 1 is 1.33 bits per heavy atom. The third-order valence-electron chi connectivity index (χ3n) is 3.02. The van der Waals surface area contributed by atoms with Gasteiger partial charge in [0.2, 0.25) is 16.0 Å². The summed E-state index contributed by atoms with van der Waals surface area (Å²) < 4.78 is 1.66. The monoisotopic (exact) mass is 301 g/mol. The zero-order valence-corrected chi connectivity index (χ0v) is 12.8. The normalized spacial score (nSPS) is 11.2. The Labute approximate surface area is 125 Å². The van der Waals surface area contributed by atoms with Gasteiger partial charge >= 0.3 is 0 Å². The summed E-state index contributed by atoms with van der Waals surface area (Å²) in [7, 11) is 0. The molecule has 0 radical (unpaired) electrons. The van der Waals surface area contributed by atoms with Gasteiger partial charge in [0.05, 0.1) is 0 Å². The lowest BCUT2D eigenvalue weighted by molar-refractivity contribution is -0.118. The first-order chi connectivity index (χ1) is 10.0. The van der Waals surface area contributed by atoms with Crippen LogP contribution in [0, 0.1) is 12.8 Å². The topological polar surface area (TPSA) is 72.2 Å². The third kappa shape index (κ3) is 2.64. The second-order valence-electron chi connectivity index (χ2n) is 5.14. The number of benzene rings is 1. The maximum atomic E-state index is 11.7. The van der Waals surface area contributed by atoms with Crippen molar-refractivity contribution in [3.8, 4) is 11.4 Å². The molecule has 108 valence electrons. The van der Waals surface area contributed by atoms with Crippen LogP contribution in [0.1, 0.15) is 19.4 Å². The Balaban J connectivity index is 1.98. The first-order valence-electron chi connectivity index (χ1n) is 6.65. The van der Waals surface area contributed by atoms with Gasteiger partial charge in [0.1, 0.15) is 0 Å². The van der Waals surface area contributed by atoms with E-state index in [1.807, 2.05) is 45.0 Å². The van der Waals surface area contributed by atoms with Crippen LogP contribution in [0.5, 0.6) is 0 Å². The van der Waals surface area contributed by atoms with E-state index in [2.05, 4.69) is 20.6 Å². The Morgan fingerprint density at radius 3 is 2.86 bits per heavy atom. The molecular formula is C14H15N5OS. The molecule has 0 unspecified atom stereocenters. The predicted molar refractivity (Wildman–Crippen MR) is 82.3 cm³/mol. The second kappa shape index (κ2) is 5.25. The highest BCUT2D eigenvalue weighted by atomic mass is 32.1. The van der Waals surface area contributed by atoms with Gasteiger partial charge in [-0.15, -0.1) is 15.3 Å². The number of nitrogens with one attached hydrogen (secondary N) is 1. The molecule has 2 heterocycles. The first-order valence-corrected chi connectivity index (χ1v) is 7.46. The highest BCUT2D eigenvalue weighted by molar-refractivity contribution is 7.20. The fourth-order valence-electron chi connectivity index (χ4n) is 1.88. The van der Waals surface area contributed by atoms with E-state index in [9.17, 15) is 4.79 Å². The molecule has 21 heavy (non-hydrogen) atoms. The number of hydrogen-bond donors (Lipinski definition) is 1. The van der Waals surface area contributed by atoms with Crippen LogP contribution in [0.2, 0.25) is 0 Å². The number of amides is 1. The standard InChI is InChI=1S/C14H15N5OS/c1-8(2)12(20)15-13-18-19-11(16-17-14(19)21-13)10-6-4-5-9(3)7-10/h4-8H,1-3H3,(H,15,18,20). The molecule has 0 spiro atoms. The summed E-state index contributed by atoms with van der Waals surface area (Å²) in [5.41, 5.74) is 2.10. The third-order valence-corrected chi connectivity index (χ3v) is 3.84. The molecule has 0 saturated carbocycles. The second-order valence-corrected chi connectivity index (χ2v) is 6.09. The van der Waals surface area contributed by atoms with Crippen molar-refractivity contribution in [2.75, 3.05) is 5.32 Å². The lowest BCUT2D eigenvalue weighted by Crippen LogP contribution is -2.17. The number of carbonyl (C=O) groups is 1. The number of nitrogens with zero attached hydrogens (tertiary/aromatic N) is 4. The van der Waals surface area contributed by atoms with Crippen LogP contribution in [0.4, 0.5) is 5.13 Å². The predicted octanol–water partition coefficient (Wildman–Crippen LogP) is 2.76. The summed E-state index contributed by atoms with van der Waals surface area (Å²) in [4.78, 5) is 12.4. The van der Waals surface area contributed by atoms with Gasteiger partial charge in [-0.1, -0.05) is 48.9 Å². The van der Waals surface area contributed by atoms with Gasteiger partial charge < -0.3 is 5.32 Å². The summed E-state index contributed by atoms with van der Waals surface area (Å²) in [5, 5.41) is 16.0. The maximum absolute atomic E-state index is 11.7. The average Bonchev–Trinajstić information content (AvgIpc) is 2.98. The Bertz CT molecular complexity index is 805. The number of fused-ring (bicyclic) bond motifs is 1. The van der Waals surface area contributed by atoms with E-state index in [1.165, 1.54) is 11.3 Å². The van der Waals surface area contributed by atoms with E-state index in [0.717, 1.165) is 11.1 Å². The minimum Gasteiger partial charge on any atom is -0.300 e. The van der Waals surface area contributed by atoms with Gasteiger partial charge in [-0.25, -0.2) is 0 Å². The first kappa shape index (κ1) is 13.7. The number of aromatic nitrogens is 4. The lowest BCUT2D eigenvalue weighted by Gasteiger charge is -2.02. The van der Waals surface area contributed by atoms with E-state index in [0.29, 0.717) is 15.9 Å². The summed E-state index contributed by atoms with van der Waals surface area (Å²) >= 11 is 1.31. The van der Waals surface area contributed by atoms with Crippen molar-refractivity contribution in [1.29, 1.82) is 0 Å². The quantitative estimate of drug-likeness (QED) is 0.807. The Kier molecular flexibility index (Phi) is 3.42. The molecule has 3 rings (SSSR count). The van der Waals surface area contributed by atoms with Crippen molar-refractivity contribution in [3.05, 3.63) is 29.8 Å². The number of hydrogen-bond acceptors (Lipinski definition) is 5. The van der Waals surface area contributed by atoms with Crippen molar-refractivity contribution in [3.63, 3.8) is 0 Å². The molecular weight excluding hydrogens is 286 g/mol. The van der Waals surface area contributed by atoms with Gasteiger partial charge in [0.15, 0.2) is 5.82 Å². The fraction of sp³-hybridized carbons (Fsp3) is 0.286. The highest BCUT2D eigenvalue weighted by Gasteiger charge is 2.15. The molecule has 0 bridgehead atoms. The Hall–Kier alpha value is -2.28.